The molecule has 0 radical (unpaired) electrons. The fourth-order valence-corrected chi connectivity index (χ4v) is 5.25. The van der Waals surface area contributed by atoms with Crippen LogP contribution in [0.5, 0.6) is 0 Å². The quantitative estimate of drug-likeness (QED) is 0.855. The molecule has 4 rings (SSSR count). The van der Waals surface area contributed by atoms with Crippen molar-refractivity contribution < 1.29 is 9.59 Å². The molecule has 1 N–H and O–H groups in total. The van der Waals surface area contributed by atoms with Gasteiger partial charge in [0.25, 0.3) is 0 Å². The third kappa shape index (κ3) is 3.97. The number of aryl methyl sites for hydroxylation is 2. The van der Waals surface area contributed by atoms with Gasteiger partial charge >= 0.3 is 0 Å². The Morgan fingerprint density at radius 2 is 1.64 bits per heavy atom. The molecule has 1 aromatic carbocycles. The molecule has 1 aliphatic heterocycles. The van der Waals surface area contributed by atoms with E-state index >= 15 is 0 Å². The maximum atomic E-state index is 13.5. The number of benzene rings is 1. The summed E-state index contributed by atoms with van der Waals surface area (Å²) < 4.78 is 0. The lowest BCUT2D eigenvalue weighted by atomic mass is 9.89. The van der Waals surface area contributed by atoms with E-state index in [4.69, 9.17) is 0 Å². The molecule has 4 heteroatoms. The second-order valence-corrected chi connectivity index (χ2v) is 9.39. The second kappa shape index (κ2) is 7.88. The number of piperidine rings is 1. The third-order valence-corrected chi connectivity index (χ3v) is 6.96. The van der Waals surface area contributed by atoms with E-state index in [2.05, 4.69) is 37.4 Å². The van der Waals surface area contributed by atoms with Gasteiger partial charge in [0.1, 0.15) is 0 Å². The number of likely N-dealkylation sites (tertiary alicyclic amines) is 1. The number of hydrogen-bond acceptors (Lipinski definition) is 2. The van der Waals surface area contributed by atoms with Crippen molar-refractivity contribution in [2.75, 3.05) is 13.1 Å². The van der Waals surface area contributed by atoms with Gasteiger partial charge in [0.05, 0.1) is 11.3 Å². The minimum absolute atomic E-state index is 0.0466. The van der Waals surface area contributed by atoms with Crippen molar-refractivity contribution in [3.8, 4) is 0 Å². The molecule has 0 bridgehead atoms. The number of nitrogens with zero attached hydrogens (tertiary/aromatic N) is 1. The van der Waals surface area contributed by atoms with Gasteiger partial charge in [-0.2, -0.15) is 0 Å². The van der Waals surface area contributed by atoms with Gasteiger partial charge in [-0.1, -0.05) is 48.6 Å². The fraction of sp³-hybridized carbons (Fsp3) is 0.667. The summed E-state index contributed by atoms with van der Waals surface area (Å²) in [5.74, 6) is 0.364. The van der Waals surface area contributed by atoms with Crippen molar-refractivity contribution >= 4 is 11.8 Å². The predicted molar refractivity (Wildman–Crippen MR) is 111 cm³/mol. The summed E-state index contributed by atoms with van der Waals surface area (Å²) in [6.07, 6.45) is 9.65. The van der Waals surface area contributed by atoms with Crippen molar-refractivity contribution in [1.29, 1.82) is 0 Å². The summed E-state index contributed by atoms with van der Waals surface area (Å²) in [7, 11) is 0. The number of carbonyl (C=O) groups excluding carboxylic acids is 2. The average Bonchev–Trinajstić information content (AvgIpc) is 3.49. The number of amides is 2. The Kier molecular flexibility index (Phi) is 5.48. The summed E-state index contributed by atoms with van der Waals surface area (Å²) >= 11 is 0. The first-order chi connectivity index (χ1) is 13.5. The number of nitrogens with one attached hydrogen (secondary N) is 1. The molecule has 0 aromatic heterocycles. The smallest absolute Gasteiger partial charge is 0.233 e. The zero-order valence-electron chi connectivity index (χ0n) is 17.4. The van der Waals surface area contributed by atoms with Crippen LogP contribution in [-0.2, 0) is 15.0 Å². The summed E-state index contributed by atoms with van der Waals surface area (Å²) in [4.78, 5) is 28.3. The molecule has 1 unspecified atom stereocenters. The molecule has 2 saturated carbocycles. The lowest BCUT2D eigenvalue weighted by Crippen LogP contribution is -2.50. The Balaban J connectivity index is 1.42. The van der Waals surface area contributed by atoms with E-state index in [0.717, 1.165) is 45.1 Å². The topological polar surface area (TPSA) is 49.4 Å². The highest BCUT2D eigenvalue weighted by atomic mass is 16.2. The van der Waals surface area contributed by atoms with Crippen LogP contribution in [0, 0.1) is 19.8 Å². The Hall–Kier alpha value is -1.84. The summed E-state index contributed by atoms with van der Waals surface area (Å²) in [6, 6.07) is 6.86. The van der Waals surface area contributed by atoms with E-state index in [-0.39, 0.29) is 23.1 Å². The standard InChI is InChI=1S/C24H34N2O2/c1-17-13-18(2)15-20(14-17)24(10-11-24)23(28)26-12-6-7-19(16-26)22(27)25-21-8-4-3-5-9-21/h13-15,19,21H,3-12,16H2,1-2H3,(H,25,27). The molecular formula is C24H34N2O2. The molecule has 1 atom stereocenters. The van der Waals surface area contributed by atoms with Gasteiger partial charge in [-0.15, -0.1) is 0 Å². The van der Waals surface area contributed by atoms with Crippen LogP contribution in [-0.4, -0.2) is 35.8 Å². The highest BCUT2D eigenvalue weighted by Gasteiger charge is 2.53. The maximum absolute atomic E-state index is 13.5. The van der Waals surface area contributed by atoms with Crippen LogP contribution in [0.2, 0.25) is 0 Å². The van der Waals surface area contributed by atoms with Gasteiger partial charge < -0.3 is 10.2 Å². The fourth-order valence-electron chi connectivity index (χ4n) is 5.25. The van der Waals surface area contributed by atoms with Crippen LogP contribution in [0.3, 0.4) is 0 Å². The van der Waals surface area contributed by atoms with E-state index in [1.54, 1.807) is 0 Å². The van der Waals surface area contributed by atoms with Gasteiger partial charge in [-0.3, -0.25) is 9.59 Å². The number of hydrogen-bond donors (Lipinski definition) is 1. The summed E-state index contributed by atoms with van der Waals surface area (Å²) in [5, 5.41) is 3.27. The molecule has 3 aliphatic rings. The van der Waals surface area contributed by atoms with E-state index < -0.39 is 0 Å². The molecule has 152 valence electrons. The van der Waals surface area contributed by atoms with Crippen LogP contribution in [0.25, 0.3) is 0 Å². The molecule has 3 fully saturated rings. The van der Waals surface area contributed by atoms with E-state index in [0.29, 0.717) is 12.6 Å². The average molecular weight is 383 g/mol. The Bertz CT molecular complexity index is 727. The van der Waals surface area contributed by atoms with Crippen LogP contribution in [0.15, 0.2) is 18.2 Å². The number of carbonyl (C=O) groups is 2. The summed E-state index contributed by atoms with van der Waals surface area (Å²) in [5.41, 5.74) is 3.28. The third-order valence-electron chi connectivity index (χ3n) is 6.96. The molecule has 1 saturated heterocycles. The van der Waals surface area contributed by atoms with Crippen LogP contribution in [0.1, 0.15) is 74.5 Å². The monoisotopic (exact) mass is 382 g/mol. The lowest BCUT2D eigenvalue weighted by molar-refractivity contribution is -0.138. The molecule has 2 amide bonds. The zero-order chi connectivity index (χ0) is 19.7. The predicted octanol–water partition coefficient (Wildman–Crippen LogP) is 4.02. The summed E-state index contributed by atoms with van der Waals surface area (Å²) in [6.45, 7) is 5.58. The molecular weight excluding hydrogens is 348 g/mol. The second-order valence-electron chi connectivity index (χ2n) is 9.39. The van der Waals surface area contributed by atoms with Crippen LogP contribution >= 0.6 is 0 Å². The minimum atomic E-state index is -0.335. The minimum Gasteiger partial charge on any atom is -0.353 e. The molecule has 2 aliphatic carbocycles. The van der Waals surface area contributed by atoms with Crippen molar-refractivity contribution in [3.05, 3.63) is 34.9 Å². The SMILES string of the molecule is Cc1cc(C)cc(C2(C(=O)N3CCCC(C(=O)NC4CCCCC4)C3)CC2)c1. The first-order valence-corrected chi connectivity index (χ1v) is 11.2. The van der Waals surface area contributed by atoms with Crippen molar-refractivity contribution in [2.45, 2.75) is 83.1 Å². The Morgan fingerprint density at radius 1 is 0.964 bits per heavy atom. The van der Waals surface area contributed by atoms with E-state index in [1.165, 1.54) is 36.0 Å². The van der Waals surface area contributed by atoms with Gasteiger partial charge in [-0.25, -0.2) is 0 Å². The van der Waals surface area contributed by atoms with Crippen LogP contribution in [0.4, 0.5) is 0 Å². The van der Waals surface area contributed by atoms with Gasteiger partial charge in [0.2, 0.25) is 11.8 Å². The van der Waals surface area contributed by atoms with Gasteiger partial charge in [0, 0.05) is 19.1 Å². The van der Waals surface area contributed by atoms with Crippen molar-refractivity contribution in [3.63, 3.8) is 0 Å². The maximum Gasteiger partial charge on any atom is 0.233 e. The normalized spacial score (nSPS) is 24.6. The molecule has 1 heterocycles. The molecule has 0 spiro atoms. The van der Waals surface area contributed by atoms with Crippen LogP contribution < -0.4 is 5.32 Å². The highest BCUT2D eigenvalue weighted by molar-refractivity contribution is 5.92. The number of rotatable bonds is 4. The Labute approximate surface area is 169 Å². The van der Waals surface area contributed by atoms with E-state index in [1.807, 2.05) is 4.90 Å². The van der Waals surface area contributed by atoms with Crippen molar-refractivity contribution in [2.24, 2.45) is 5.92 Å². The van der Waals surface area contributed by atoms with Crippen molar-refractivity contribution in [1.82, 2.24) is 10.2 Å². The van der Waals surface area contributed by atoms with E-state index in [9.17, 15) is 9.59 Å². The Morgan fingerprint density at radius 3 is 2.29 bits per heavy atom. The largest absolute Gasteiger partial charge is 0.353 e. The molecule has 4 nitrogen and oxygen atoms in total. The first kappa shape index (κ1) is 19.5. The zero-order valence-corrected chi connectivity index (χ0v) is 17.4. The molecule has 1 aromatic rings. The lowest BCUT2D eigenvalue weighted by Gasteiger charge is -2.35. The first-order valence-electron chi connectivity index (χ1n) is 11.2. The van der Waals surface area contributed by atoms with Gasteiger partial charge in [-0.05, 0) is 57.9 Å². The molecule has 28 heavy (non-hydrogen) atoms. The van der Waals surface area contributed by atoms with Gasteiger partial charge in [0.15, 0.2) is 0 Å². The highest BCUT2D eigenvalue weighted by Crippen LogP contribution is 2.50.